The molecule has 4 rings (SSSR count). The first-order valence-corrected chi connectivity index (χ1v) is 9.27. The Labute approximate surface area is 169 Å². The van der Waals surface area contributed by atoms with Crippen molar-refractivity contribution in [3.05, 3.63) is 53.3 Å². The molecule has 0 radical (unpaired) electrons. The van der Waals surface area contributed by atoms with Gasteiger partial charge in [0, 0.05) is 29.1 Å². The second kappa shape index (κ2) is 7.20. The molecule has 1 aliphatic rings. The number of amides is 1. The van der Waals surface area contributed by atoms with Gasteiger partial charge in [-0.25, -0.2) is 0 Å². The van der Waals surface area contributed by atoms with Crippen LogP contribution in [0.3, 0.4) is 0 Å². The molecular weight excluding hydrogens is 370 g/mol. The third-order valence-electron chi connectivity index (χ3n) is 5.33. The van der Waals surface area contributed by atoms with Gasteiger partial charge in [0.2, 0.25) is 5.75 Å². The third kappa shape index (κ3) is 2.92. The van der Waals surface area contributed by atoms with Crippen LogP contribution in [0.5, 0.6) is 17.2 Å². The number of fused-ring (bicyclic) bond motifs is 2. The number of hydrogen-bond acceptors (Lipinski definition) is 5. The van der Waals surface area contributed by atoms with Gasteiger partial charge in [-0.2, -0.15) is 0 Å². The number of ether oxygens (including phenoxy) is 3. The van der Waals surface area contributed by atoms with Gasteiger partial charge in [0.15, 0.2) is 11.5 Å². The van der Waals surface area contributed by atoms with Crippen molar-refractivity contribution in [3.8, 4) is 17.2 Å². The van der Waals surface area contributed by atoms with E-state index >= 15 is 0 Å². The molecule has 3 aromatic rings. The first-order valence-electron chi connectivity index (χ1n) is 9.27. The lowest BCUT2D eigenvalue weighted by Gasteiger charge is -2.30. The number of allylic oxidation sites excluding steroid dienone is 1. The van der Waals surface area contributed by atoms with E-state index in [4.69, 9.17) is 18.6 Å². The number of rotatable bonds is 4. The van der Waals surface area contributed by atoms with E-state index in [1.54, 1.807) is 33.3 Å². The average Bonchev–Trinajstić information content (AvgIpc) is 3.17. The Kier molecular flexibility index (Phi) is 4.70. The maximum atomic E-state index is 13.2. The topological polar surface area (TPSA) is 61.1 Å². The normalized spacial score (nSPS) is 15.3. The number of benzene rings is 2. The lowest BCUT2D eigenvalue weighted by Crippen LogP contribution is -2.32. The highest BCUT2D eigenvalue weighted by atomic mass is 16.5. The largest absolute Gasteiger partial charge is 0.493 e. The number of furan rings is 1. The summed E-state index contributed by atoms with van der Waals surface area (Å²) in [7, 11) is 6.49. The first kappa shape index (κ1) is 18.9. The van der Waals surface area contributed by atoms with Gasteiger partial charge in [-0.05, 0) is 25.1 Å². The van der Waals surface area contributed by atoms with Gasteiger partial charge >= 0.3 is 0 Å². The summed E-state index contributed by atoms with van der Waals surface area (Å²) in [6.45, 7) is 2.31. The van der Waals surface area contributed by atoms with Crippen LogP contribution in [0.25, 0.3) is 22.1 Å². The minimum Gasteiger partial charge on any atom is -0.493 e. The van der Waals surface area contributed by atoms with E-state index in [1.165, 1.54) is 0 Å². The monoisotopic (exact) mass is 393 g/mol. The molecule has 1 aromatic heterocycles. The highest BCUT2D eigenvalue weighted by Crippen LogP contribution is 2.47. The summed E-state index contributed by atoms with van der Waals surface area (Å²) in [5, 5.41) is 0.990. The Morgan fingerprint density at radius 2 is 1.76 bits per heavy atom. The summed E-state index contributed by atoms with van der Waals surface area (Å²) in [4.78, 5) is 14.9. The molecule has 0 saturated carbocycles. The zero-order valence-corrected chi connectivity index (χ0v) is 17.2. The second-order valence-electron chi connectivity index (χ2n) is 6.98. The fourth-order valence-electron chi connectivity index (χ4n) is 3.86. The number of methoxy groups -OCH3 is 3. The summed E-state index contributed by atoms with van der Waals surface area (Å²) >= 11 is 0. The molecule has 2 heterocycles. The molecule has 0 unspecified atom stereocenters. The molecule has 2 aromatic carbocycles. The Bertz CT molecular complexity index is 1110. The predicted octanol–water partition coefficient (Wildman–Crippen LogP) is 4.36. The van der Waals surface area contributed by atoms with Gasteiger partial charge in [0.1, 0.15) is 11.3 Å². The van der Waals surface area contributed by atoms with Crippen molar-refractivity contribution in [2.24, 2.45) is 0 Å². The molecule has 6 heteroatoms. The fraction of sp³-hybridized carbons (Fsp3) is 0.261. The van der Waals surface area contributed by atoms with Crippen LogP contribution in [-0.4, -0.2) is 39.2 Å². The standard InChI is InChI=1S/C23H23NO5/c1-13(18-10-14-8-6-7-9-17(14)29-18)20-15-11-19(26-3)22(28-5)21(27-4)16(15)12-24(2)23(20)25/h6-11H,12H2,1-5H3/b20-13+. The smallest absolute Gasteiger partial charge is 0.254 e. The number of nitrogens with zero attached hydrogens (tertiary/aromatic N) is 1. The van der Waals surface area contributed by atoms with E-state index in [0.717, 1.165) is 27.7 Å². The van der Waals surface area contributed by atoms with Gasteiger partial charge in [0.05, 0.1) is 33.4 Å². The minimum absolute atomic E-state index is 0.0790. The zero-order valence-electron chi connectivity index (χ0n) is 17.2. The van der Waals surface area contributed by atoms with Crippen molar-refractivity contribution in [1.82, 2.24) is 4.90 Å². The molecule has 29 heavy (non-hydrogen) atoms. The van der Waals surface area contributed by atoms with E-state index in [2.05, 4.69) is 0 Å². The van der Waals surface area contributed by atoms with Crippen LogP contribution in [0.1, 0.15) is 23.8 Å². The molecule has 0 spiro atoms. The van der Waals surface area contributed by atoms with Crippen molar-refractivity contribution >= 4 is 28.0 Å². The van der Waals surface area contributed by atoms with Crippen LogP contribution < -0.4 is 14.2 Å². The van der Waals surface area contributed by atoms with Crippen molar-refractivity contribution in [3.63, 3.8) is 0 Å². The summed E-state index contributed by atoms with van der Waals surface area (Å²) in [5.74, 6) is 2.16. The molecule has 150 valence electrons. The van der Waals surface area contributed by atoms with Crippen molar-refractivity contribution < 1.29 is 23.4 Å². The maximum absolute atomic E-state index is 13.2. The van der Waals surface area contributed by atoms with E-state index in [9.17, 15) is 4.79 Å². The Balaban J connectivity index is 2.01. The van der Waals surface area contributed by atoms with Crippen molar-refractivity contribution in [2.45, 2.75) is 13.5 Å². The quantitative estimate of drug-likeness (QED) is 0.617. The van der Waals surface area contributed by atoms with E-state index in [-0.39, 0.29) is 5.91 Å². The van der Waals surface area contributed by atoms with Gasteiger partial charge < -0.3 is 23.5 Å². The number of para-hydroxylation sites is 1. The molecular formula is C23H23NO5. The molecule has 0 aliphatic carbocycles. The van der Waals surface area contributed by atoms with Gasteiger partial charge in [0.25, 0.3) is 5.91 Å². The van der Waals surface area contributed by atoms with Crippen molar-refractivity contribution in [2.75, 3.05) is 28.4 Å². The van der Waals surface area contributed by atoms with E-state index in [1.807, 2.05) is 43.3 Å². The molecule has 0 saturated heterocycles. The highest BCUT2D eigenvalue weighted by molar-refractivity contribution is 6.28. The average molecular weight is 393 g/mol. The van der Waals surface area contributed by atoms with Crippen LogP contribution in [0.4, 0.5) is 0 Å². The first-order chi connectivity index (χ1) is 14.0. The highest BCUT2D eigenvalue weighted by Gasteiger charge is 2.33. The molecule has 0 N–H and O–H groups in total. The van der Waals surface area contributed by atoms with Gasteiger partial charge in [-0.1, -0.05) is 18.2 Å². The number of carbonyl (C=O) groups excluding carboxylic acids is 1. The minimum atomic E-state index is -0.0790. The van der Waals surface area contributed by atoms with Crippen LogP contribution in [0.15, 0.2) is 40.8 Å². The molecule has 0 bridgehead atoms. The number of likely N-dealkylation sites (N-methyl/N-ethyl adjacent to an activating group) is 1. The van der Waals surface area contributed by atoms with E-state index in [0.29, 0.717) is 35.1 Å². The SMILES string of the molecule is COc1cc2c(c(OC)c1OC)CN(C)C(=O)/C2=C(\C)c1cc2ccccc2o1. The molecule has 1 amide bonds. The molecule has 1 aliphatic heterocycles. The van der Waals surface area contributed by atoms with Crippen molar-refractivity contribution in [1.29, 1.82) is 0 Å². The molecule has 6 nitrogen and oxygen atoms in total. The summed E-state index contributed by atoms with van der Waals surface area (Å²) in [6, 6.07) is 11.6. The summed E-state index contributed by atoms with van der Waals surface area (Å²) < 4.78 is 22.7. The van der Waals surface area contributed by atoms with Crippen LogP contribution in [-0.2, 0) is 11.3 Å². The third-order valence-corrected chi connectivity index (χ3v) is 5.33. The number of carbonyl (C=O) groups is 1. The van der Waals surface area contributed by atoms with Crippen LogP contribution in [0.2, 0.25) is 0 Å². The lowest BCUT2D eigenvalue weighted by atomic mass is 9.89. The number of hydrogen-bond donors (Lipinski definition) is 0. The Morgan fingerprint density at radius 1 is 1.03 bits per heavy atom. The maximum Gasteiger partial charge on any atom is 0.254 e. The Hall–Kier alpha value is -3.41. The van der Waals surface area contributed by atoms with Crippen LogP contribution in [0, 0.1) is 0 Å². The Morgan fingerprint density at radius 3 is 2.41 bits per heavy atom. The zero-order chi connectivity index (χ0) is 20.7. The van der Waals surface area contributed by atoms with E-state index < -0.39 is 0 Å². The molecule has 0 fully saturated rings. The lowest BCUT2D eigenvalue weighted by molar-refractivity contribution is -0.124. The summed E-state index contributed by atoms with van der Waals surface area (Å²) in [5.41, 5.74) is 3.74. The predicted molar refractivity (Wildman–Crippen MR) is 111 cm³/mol. The van der Waals surface area contributed by atoms with Crippen LogP contribution >= 0.6 is 0 Å². The summed E-state index contributed by atoms with van der Waals surface area (Å²) in [6.07, 6.45) is 0. The molecule has 0 atom stereocenters. The fourth-order valence-corrected chi connectivity index (χ4v) is 3.86. The second-order valence-corrected chi connectivity index (χ2v) is 6.98. The van der Waals surface area contributed by atoms with Gasteiger partial charge in [-0.3, -0.25) is 4.79 Å². The van der Waals surface area contributed by atoms with Gasteiger partial charge in [-0.15, -0.1) is 0 Å².